The van der Waals surface area contributed by atoms with Gasteiger partial charge in [-0.25, -0.2) is 0 Å². The highest BCUT2D eigenvalue weighted by atomic mass is 16.5. The maximum absolute atomic E-state index is 6.33. The molecule has 6 aromatic carbocycles. The molecule has 0 bridgehead atoms. The average molecular weight is 481 g/mol. The van der Waals surface area contributed by atoms with E-state index in [1.54, 1.807) is 0 Å². The average Bonchev–Trinajstić information content (AvgIpc) is 3.27. The van der Waals surface area contributed by atoms with E-state index in [0.29, 0.717) is 0 Å². The number of nitrogen functional groups attached to an aromatic ring is 2. The van der Waals surface area contributed by atoms with Gasteiger partial charge in [0.05, 0.1) is 0 Å². The lowest BCUT2D eigenvalue weighted by Crippen LogP contribution is -1.91. The molecule has 4 nitrogen and oxygen atoms in total. The Hall–Kier alpha value is -4.96. The van der Waals surface area contributed by atoms with Crippen molar-refractivity contribution in [3.8, 4) is 34.1 Å². The monoisotopic (exact) mass is 480 g/mol. The van der Waals surface area contributed by atoms with Gasteiger partial charge in [0.25, 0.3) is 0 Å². The summed E-state index contributed by atoms with van der Waals surface area (Å²) in [5.74, 6) is 3.22. The molecule has 7 rings (SSSR count). The summed E-state index contributed by atoms with van der Waals surface area (Å²) < 4.78 is 12.7. The van der Waals surface area contributed by atoms with Gasteiger partial charge in [-0.05, 0) is 77.2 Å². The van der Waals surface area contributed by atoms with Crippen molar-refractivity contribution in [1.29, 1.82) is 0 Å². The summed E-state index contributed by atoms with van der Waals surface area (Å²) in [6.45, 7) is 0. The third-order valence-electron chi connectivity index (χ3n) is 7.11. The fourth-order valence-corrected chi connectivity index (χ4v) is 5.33. The quantitative estimate of drug-likeness (QED) is 0.249. The number of rotatable bonds is 4. The fraction of sp³-hybridized carbons (Fsp3) is 0.0303. The summed E-state index contributed by atoms with van der Waals surface area (Å²) in [5.41, 5.74) is 18.8. The van der Waals surface area contributed by atoms with Gasteiger partial charge in [-0.2, -0.15) is 0 Å². The van der Waals surface area contributed by atoms with Crippen LogP contribution in [0.15, 0.2) is 109 Å². The minimum Gasteiger partial charge on any atom is -0.457 e. The molecule has 1 aliphatic carbocycles. The highest BCUT2D eigenvalue weighted by Crippen LogP contribution is 2.42. The van der Waals surface area contributed by atoms with Gasteiger partial charge in [0.15, 0.2) is 0 Å². The standard InChI is InChI=1S/C33H24N2O2/c34-30-9-1-7-28-26(30)5-3-11-32(28)36-22-13-15-24-20(18-22)17-21-19-23(14-16-25(21)24)37-33-12-4-6-27-29(33)8-2-10-31(27)35/h1-16,18-19H,17,34-35H2. The van der Waals surface area contributed by atoms with Gasteiger partial charge in [-0.15, -0.1) is 0 Å². The van der Waals surface area contributed by atoms with Crippen LogP contribution in [0.5, 0.6) is 23.0 Å². The molecule has 37 heavy (non-hydrogen) atoms. The second-order valence-corrected chi connectivity index (χ2v) is 9.42. The number of benzene rings is 6. The zero-order chi connectivity index (χ0) is 24.9. The molecule has 0 spiro atoms. The van der Waals surface area contributed by atoms with E-state index in [1.165, 1.54) is 22.3 Å². The molecule has 178 valence electrons. The highest BCUT2D eigenvalue weighted by molar-refractivity contribution is 5.97. The molecule has 0 heterocycles. The number of nitrogens with two attached hydrogens (primary N) is 2. The SMILES string of the molecule is Nc1cccc2c(Oc3ccc4c(c3)Cc3cc(Oc5cccc6c(N)cccc56)ccc3-4)cccc12. The molecular formula is C33H24N2O2. The zero-order valence-corrected chi connectivity index (χ0v) is 20.1. The highest BCUT2D eigenvalue weighted by Gasteiger charge is 2.20. The van der Waals surface area contributed by atoms with E-state index in [1.807, 2.05) is 84.9 Å². The van der Waals surface area contributed by atoms with Crippen LogP contribution in [0.4, 0.5) is 11.4 Å². The van der Waals surface area contributed by atoms with Crippen molar-refractivity contribution in [2.45, 2.75) is 6.42 Å². The summed E-state index contributed by atoms with van der Waals surface area (Å²) in [5, 5.41) is 4.00. The fourth-order valence-electron chi connectivity index (χ4n) is 5.33. The van der Waals surface area contributed by atoms with E-state index < -0.39 is 0 Å². The van der Waals surface area contributed by atoms with Gasteiger partial charge in [0, 0.05) is 32.9 Å². The van der Waals surface area contributed by atoms with Crippen molar-refractivity contribution in [3.63, 3.8) is 0 Å². The van der Waals surface area contributed by atoms with Crippen LogP contribution in [0, 0.1) is 0 Å². The predicted octanol–water partition coefficient (Wildman–Crippen LogP) is 8.31. The molecule has 4 N–H and O–H groups in total. The van der Waals surface area contributed by atoms with E-state index >= 15 is 0 Å². The zero-order valence-electron chi connectivity index (χ0n) is 20.1. The molecule has 0 aromatic heterocycles. The smallest absolute Gasteiger partial charge is 0.135 e. The topological polar surface area (TPSA) is 70.5 Å². The Morgan fingerprint density at radius 1 is 0.459 bits per heavy atom. The molecule has 0 radical (unpaired) electrons. The van der Waals surface area contributed by atoms with E-state index in [9.17, 15) is 0 Å². The largest absolute Gasteiger partial charge is 0.457 e. The molecule has 1 aliphatic rings. The summed E-state index contributed by atoms with van der Waals surface area (Å²) in [7, 11) is 0. The summed E-state index contributed by atoms with van der Waals surface area (Å²) in [6.07, 6.45) is 0.823. The number of hydrogen-bond acceptors (Lipinski definition) is 4. The normalized spacial score (nSPS) is 11.9. The number of ether oxygens (including phenoxy) is 2. The van der Waals surface area contributed by atoms with E-state index in [2.05, 4.69) is 24.3 Å². The Kier molecular flexibility index (Phi) is 4.79. The van der Waals surface area contributed by atoms with Gasteiger partial charge in [0.2, 0.25) is 0 Å². The Balaban J connectivity index is 1.17. The molecule has 0 saturated heterocycles. The summed E-state index contributed by atoms with van der Waals surface area (Å²) in [6, 6.07) is 36.4. The van der Waals surface area contributed by atoms with Crippen molar-refractivity contribution in [2.24, 2.45) is 0 Å². The summed E-state index contributed by atoms with van der Waals surface area (Å²) >= 11 is 0. The van der Waals surface area contributed by atoms with Gasteiger partial charge in [0.1, 0.15) is 23.0 Å². The first-order valence-electron chi connectivity index (χ1n) is 12.3. The van der Waals surface area contributed by atoms with Crippen molar-refractivity contribution >= 4 is 32.9 Å². The lowest BCUT2D eigenvalue weighted by Gasteiger charge is -2.12. The first-order chi connectivity index (χ1) is 18.1. The third kappa shape index (κ3) is 3.62. The van der Waals surface area contributed by atoms with Crippen LogP contribution in [0.1, 0.15) is 11.1 Å². The maximum atomic E-state index is 6.33. The van der Waals surface area contributed by atoms with Crippen LogP contribution in [0.25, 0.3) is 32.7 Å². The van der Waals surface area contributed by atoms with E-state index in [0.717, 1.165) is 62.3 Å². The van der Waals surface area contributed by atoms with Crippen LogP contribution in [-0.4, -0.2) is 0 Å². The minimum absolute atomic E-state index is 0.748. The number of hydrogen-bond donors (Lipinski definition) is 2. The molecular weight excluding hydrogens is 456 g/mol. The van der Waals surface area contributed by atoms with Gasteiger partial charge >= 0.3 is 0 Å². The molecule has 0 fully saturated rings. The number of anilines is 2. The molecule has 0 atom stereocenters. The third-order valence-corrected chi connectivity index (χ3v) is 7.11. The molecule has 4 heteroatoms. The van der Waals surface area contributed by atoms with Crippen LogP contribution < -0.4 is 20.9 Å². The molecule has 0 amide bonds. The second-order valence-electron chi connectivity index (χ2n) is 9.42. The Labute approximate surface area is 214 Å². The van der Waals surface area contributed by atoms with Crippen LogP contribution in [-0.2, 0) is 6.42 Å². The van der Waals surface area contributed by atoms with Crippen molar-refractivity contribution in [3.05, 3.63) is 120 Å². The van der Waals surface area contributed by atoms with Crippen LogP contribution >= 0.6 is 0 Å². The molecule has 0 unspecified atom stereocenters. The van der Waals surface area contributed by atoms with Crippen molar-refractivity contribution in [2.75, 3.05) is 11.5 Å². The Bertz CT molecular complexity index is 1710. The number of fused-ring (bicyclic) bond motifs is 5. The Morgan fingerprint density at radius 3 is 1.38 bits per heavy atom. The van der Waals surface area contributed by atoms with Gasteiger partial charge < -0.3 is 20.9 Å². The van der Waals surface area contributed by atoms with Gasteiger partial charge in [-0.3, -0.25) is 0 Å². The van der Waals surface area contributed by atoms with Crippen LogP contribution in [0.3, 0.4) is 0 Å². The second kappa shape index (κ2) is 8.32. The predicted molar refractivity (Wildman–Crippen MR) is 152 cm³/mol. The first kappa shape index (κ1) is 21.3. The van der Waals surface area contributed by atoms with E-state index in [4.69, 9.17) is 20.9 Å². The Morgan fingerprint density at radius 2 is 0.892 bits per heavy atom. The van der Waals surface area contributed by atoms with Gasteiger partial charge in [-0.1, -0.05) is 60.7 Å². The van der Waals surface area contributed by atoms with E-state index in [-0.39, 0.29) is 0 Å². The molecule has 6 aromatic rings. The molecule has 0 saturated carbocycles. The first-order valence-corrected chi connectivity index (χ1v) is 12.3. The van der Waals surface area contributed by atoms with Crippen molar-refractivity contribution < 1.29 is 9.47 Å². The lowest BCUT2D eigenvalue weighted by atomic mass is 10.1. The minimum atomic E-state index is 0.748. The summed E-state index contributed by atoms with van der Waals surface area (Å²) in [4.78, 5) is 0. The van der Waals surface area contributed by atoms with Crippen molar-refractivity contribution in [1.82, 2.24) is 0 Å². The van der Waals surface area contributed by atoms with Crippen LogP contribution in [0.2, 0.25) is 0 Å². The maximum Gasteiger partial charge on any atom is 0.135 e. The lowest BCUT2D eigenvalue weighted by molar-refractivity contribution is 0.488. The molecule has 0 aliphatic heterocycles.